The van der Waals surface area contributed by atoms with Crippen LogP contribution in [0.1, 0.15) is 83.5 Å². The average molecular weight is 1770 g/mol. The van der Waals surface area contributed by atoms with Crippen molar-refractivity contribution in [1.29, 1.82) is 0 Å². The second-order valence-corrected chi connectivity index (χ2v) is 39.0. The van der Waals surface area contributed by atoms with Crippen LogP contribution < -0.4 is 40.1 Å². The molecule has 129 heavy (non-hydrogen) atoms. The van der Waals surface area contributed by atoms with Crippen LogP contribution in [0.25, 0.3) is 152 Å². The number of nitrogens with two attached hydrogens (primary N) is 7. The Morgan fingerprint density at radius 2 is 0.496 bits per heavy atom. The maximum atomic E-state index is 13.3. The molecule has 20 rings (SSSR count). The van der Waals surface area contributed by atoms with Crippen LogP contribution >= 0.6 is 22.7 Å². The molecular weight excluding hydrogens is 1660 g/mol. The second-order valence-electron chi connectivity index (χ2n) is 33.5. The van der Waals surface area contributed by atoms with Crippen LogP contribution in [0.4, 0.5) is 0 Å². The second kappa shape index (κ2) is 41.0. The molecule has 4 heterocycles. The molecular formula is C115H109N7O3S4. The first-order valence-corrected chi connectivity index (χ1v) is 49.3. The Balaban J connectivity index is 0.000000121. The topological polar surface area (TPSA) is 233 Å². The van der Waals surface area contributed by atoms with Crippen molar-refractivity contribution in [3.8, 4) is 111 Å². The summed E-state index contributed by atoms with van der Waals surface area (Å²) in [5.74, 6) is 0. The number of fused-ring (bicyclic) bond motifs is 12. The molecule has 0 saturated heterocycles. The molecule has 2 aliphatic rings. The number of hydrogen-bond donors (Lipinski definition) is 7. The molecule has 2 aliphatic heterocycles. The van der Waals surface area contributed by atoms with E-state index in [9.17, 15) is 12.6 Å². The van der Waals surface area contributed by atoms with Gasteiger partial charge in [-0.05, 0) is 340 Å². The molecule has 0 spiro atoms. The normalized spacial score (nSPS) is 12.2. The Hall–Kier alpha value is -12.2. The van der Waals surface area contributed by atoms with Crippen molar-refractivity contribution in [3.63, 3.8) is 0 Å². The molecule has 0 unspecified atom stereocenters. The number of thiophene rings is 2. The van der Waals surface area contributed by atoms with Crippen molar-refractivity contribution in [3.05, 3.63) is 384 Å². The quantitative estimate of drug-likeness (QED) is 0.0271. The van der Waals surface area contributed by atoms with Crippen LogP contribution in [0.2, 0.25) is 0 Å². The van der Waals surface area contributed by atoms with Gasteiger partial charge in [-0.3, -0.25) is 0 Å². The van der Waals surface area contributed by atoms with Crippen molar-refractivity contribution in [2.24, 2.45) is 40.1 Å². The van der Waals surface area contributed by atoms with Gasteiger partial charge >= 0.3 is 0 Å². The van der Waals surface area contributed by atoms with E-state index >= 15 is 0 Å². The van der Waals surface area contributed by atoms with Crippen molar-refractivity contribution in [1.82, 2.24) is 0 Å². The van der Waals surface area contributed by atoms with Gasteiger partial charge in [0.2, 0.25) is 9.84 Å². The highest BCUT2D eigenvalue weighted by molar-refractivity contribution is 7.92. The van der Waals surface area contributed by atoms with Crippen LogP contribution in [0, 0.1) is 0 Å². The summed E-state index contributed by atoms with van der Waals surface area (Å²) in [6.07, 6.45) is 11.2. The molecule has 14 heteroatoms. The van der Waals surface area contributed by atoms with Crippen molar-refractivity contribution >= 4 is 83.7 Å². The molecule has 0 atom stereocenters. The Labute approximate surface area is 768 Å². The van der Waals surface area contributed by atoms with Gasteiger partial charge in [0.05, 0.1) is 30.4 Å². The van der Waals surface area contributed by atoms with E-state index in [4.69, 9.17) is 40.1 Å². The summed E-state index contributed by atoms with van der Waals surface area (Å²) in [6, 6.07) is 120. The van der Waals surface area contributed by atoms with Crippen LogP contribution in [0.5, 0.6) is 0 Å². The van der Waals surface area contributed by atoms with E-state index < -0.39 is 20.6 Å². The predicted molar refractivity (Wildman–Crippen MR) is 548 cm³/mol. The van der Waals surface area contributed by atoms with E-state index in [2.05, 4.69) is 298 Å². The summed E-state index contributed by atoms with van der Waals surface area (Å²) >= 11 is 3.73. The molecule has 0 saturated carbocycles. The standard InChI is InChI=1S/C31H31NS.C30H30N2O2S.C28H26N2OS.C26H22N2S/c1-2-3-5-22-7-11-24(12-8-22)26-15-17-30-28(20-26)29-21-27(16-18-31(29)33-30)25-13-9-23(10-14-25)6-4-19-32;31-15-3-7-21-5-1-9-23(17-21)25-11-13-29-27(19-25)28-20-26(12-14-30(28)35(29,33)34)24-10-2-6-22(18-24)8-4-16-32;29-13-11-19-3-1-5-21(15-19)23-7-9-27-25(17-23)26-18-24(8-10-28(26)32(27)31)22-6-2-4-20(16-22)12-14-30;27-15-17-3-1-5-19(11-17)21-7-9-25-23(13-21)24-14-22(8-10-26(24)29-25)20-6-2-4-18(12-20)16-28/h7-18,20-21H,2-6,19,32H2,1H3;1-2,5-6,9-14,17-20H,3-4,7-8,15-16,31-32H2;1-10,15-18H,11-14,29-30H2;1-14H,15-16,27-28H2. The summed E-state index contributed by atoms with van der Waals surface area (Å²) in [5.41, 5.74) is 72.6. The lowest BCUT2D eigenvalue weighted by molar-refractivity contribution is 0.598. The number of hydrogen-bond acceptors (Lipinski definition) is 12. The van der Waals surface area contributed by atoms with E-state index in [1.165, 1.54) is 137 Å². The zero-order valence-corrected chi connectivity index (χ0v) is 76.2. The lowest BCUT2D eigenvalue weighted by Gasteiger charge is -2.09. The predicted octanol–water partition coefficient (Wildman–Crippen LogP) is 25.7. The van der Waals surface area contributed by atoms with Gasteiger partial charge in [0.1, 0.15) is 0 Å². The summed E-state index contributed by atoms with van der Waals surface area (Å²) in [7, 11) is -4.68. The smallest absolute Gasteiger partial charge is 0.207 e. The van der Waals surface area contributed by atoms with E-state index in [1.54, 1.807) is 12.1 Å². The van der Waals surface area contributed by atoms with Crippen molar-refractivity contribution < 1.29 is 12.6 Å². The Morgan fingerprint density at radius 3 is 0.814 bits per heavy atom. The first-order chi connectivity index (χ1) is 63.2. The van der Waals surface area contributed by atoms with Gasteiger partial charge in [0.15, 0.2) is 0 Å². The van der Waals surface area contributed by atoms with Crippen LogP contribution in [0.3, 0.4) is 0 Å². The van der Waals surface area contributed by atoms with Gasteiger partial charge in [-0.25, -0.2) is 12.6 Å². The maximum absolute atomic E-state index is 13.3. The first-order valence-electron chi connectivity index (χ1n) is 45.0. The number of unbranched alkanes of at least 4 members (excludes halogenated alkanes) is 1. The number of sulfone groups is 1. The van der Waals surface area contributed by atoms with E-state index in [-0.39, 0.29) is 0 Å². The molecule has 646 valence electrons. The fourth-order valence-corrected chi connectivity index (χ4v) is 22.9. The fraction of sp³-hybridized carbons (Fsp3) is 0.165. The molecule has 18 aromatic rings. The molecule has 16 aromatic carbocycles. The SMILES string of the molecule is CCCCc1ccc(-c2ccc3sc4ccc(-c5ccc(CCCN)cc5)cc4c3c2)cc1.NCCCc1cccc(-c2ccc3c(c2)-c2cc(-c4cccc(CCCN)c4)ccc2S3(=O)=O)c1.NCCc1cccc(-c2ccc3c(c2)-c2cc(-c4cccc(CCN)c4)ccc2S3=O)c1.NCc1cccc(-c2ccc3sc4ccc(-c5cccc(CN)c5)cc4c3c2)c1. The van der Waals surface area contributed by atoms with Gasteiger partial charge < -0.3 is 40.1 Å². The summed E-state index contributed by atoms with van der Waals surface area (Å²) in [4.78, 5) is 2.53. The summed E-state index contributed by atoms with van der Waals surface area (Å²) < 4.78 is 45.1. The lowest BCUT2D eigenvalue weighted by atomic mass is 9.94. The minimum atomic E-state index is -3.53. The number of aryl methyl sites for hydroxylation is 4. The largest absolute Gasteiger partial charge is 0.330 e. The highest BCUT2D eigenvalue weighted by Gasteiger charge is 2.34. The van der Waals surface area contributed by atoms with Gasteiger partial charge in [-0.1, -0.05) is 244 Å². The van der Waals surface area contributed by atoms with Gasteiger partial charge in [0.25, 0.3) is 0 Å². The lowest BCUT2D eigenvalue weighted by Crippen LogP contribution is -2.02. The van der Waals surface area contributed by atoms with E-state index in [0.717, 1.165) is 146 Å². The summed E-state index contributed by atoms with van der Waals surface area (Å²) in [5, 5.41) is 5.31. The molecule has 0 aliphatic carbocycles. The Bertz CT molecular complexity index is 6820. The minimum Gasteiger partial charge on any atom is -0.330 e. The molecule has 0 bridgehead atoms. The molecule has 14 N–H and O–H groups in total. The van der Waals surface area contributed by atoms with E-state index in [1.807, 2.05) is 59.1 Å². The van der Waals surface area contributed by atoms with Crippen LogP contribution in [-0.4, -0.2) is 45.4 Å². The van der Waals surface area contributed by atoms with E-state index in [0.29, 0.717) is 49.1 Å². The highest BCUT2D eigenvalue weighted by atomic mass is 32.2. The number of rotatable bonds is 26. The average Bonchev–Trinajstić information content (AvgIpc) is 1.57. The Morgan fingerprint density at radius 1 is 0.240 bits per heavy atom. The maximum Gasteiger partial charge on any atom is 0.207 e. The molecule has 0 radical (unpaired) electrons. The molecule has 0 fully saturated rings. The number of benzene rings is 16. The molecule has 10 nitrogen and oxygen atoms in total. The molecule has 0 amide bonds. The first kappa shape index (κ1) is 88.8. The zero-order valence-electron chi connectivity index (χ0n) is 73.0. The van der Waals surface area contributed by atoms with Gasteiger partial charge in [-0.15, -0.1) is 22.7 Å². The summed E-state index contributed by atoms with van der Waals surface area (Å²) in [6.45, 7) is 6.70. The van der Waals surface area contributed by atoms with Crippen LogP contribution in [-0.2, 0) is 72.3 Å². The van der Waals surface area contributed by atoms with Gasteiger partial charge in [-0.2, -0.15) is 0 Å². The third-order valence-electron chi connectivity index (χ3n) is 24.7. The minimum absolute atomic E-state index is 0.379. The zero-order chi connectivity index (χ0) is 88.9. The Kier molecular flexibility index (Phi) is 28.3. The highest BCUT2D eigenvalue weighted by Crippen LogP contribution is 2.49. The molecule has 2 aromatic heterocycles. The monoisotopic (exact) mass is 1760 g/mol. The van der Waals surface area contributed by atoms with Gasteiger partial charge in [0, 0.05) is 75.7 Å². The van der Waals surface area contributed by atoms with Crippen LogP contribution in [0.15, 0.2) is 359 Å². The third-order valence-corrected chi connectivity index (χ3v) is 30.4. The fourth-order valence-electron chi connectivity index (χ4n) is 17.7. The van der Waals surface area contributed by atoms with Crippen molar-refractivity contribution in [2.45, 2.75) is 110 Å². The third kappa shape index (κ3) is 20.0. The van der Waals surface area contributed by atoms with Crippen molar-refractivity contribution in [2.75, 3.05) is 32.7 Å².